The summed E-state index contributed by atoms with van der Waals surface area (Å²) < 4.78 is 0. The molecular weight excluding hydrogens is 302 g/mol. The molecule has 0 saturated heterocycles. The second-order valence-electron chi connectivity index (χ2n) is 6.30. The van der Waals surface area contributed by atoms with Crippen molar-refractivity contribution >= 4 is 11.9 Å². The molecule has 3 rings (SSSR count). The third kappa shape index (κ3) is 3.82. The number of hydrogen-bond acceptors (Lipinski definition) is 2. The molecular formula is C20H21NO3. The second kappa shape index (κ2) is 7.30. The van der Waals surface area contributed by atoms with Crippen molar-refractivity contribution in [3.63, 3.8) is 0 Å². The van der Waals surface area contributed by atoms with E-state index in [1.165, 1.54) is 24.8 Å². The molecule has 1 saturated carbocycles. The van der Waals surface area contributed by atoms with Gasteiger partial charge in [0.1, 0.15) is 6.04 Å². The molecule has 1 fully saturated rings. The van der Waals surface area contributed by atoms with Crippen LogP contribution in [0.1, 0.15) is 46.7 Å². The molecule has 24 heavy (non-hydrogen) atoms. The topological polar surface area (TPSA) is 66.4 Å². The number of benzene rings is 2. The normalized spacial score (nSPS) is 15.3. The van der Waals surface area contributed by atoms with Gasteiger partial charge in [0.25, 0.3) is 5.91 Å². The van der Waals surface area contributed by atoms with Crippen molar-refractivity contribution in [1.29, 1.82) is 0 Å². The minimum Gasteiger partial charge on any atom is -0.480 e. The fraction of sp³-hybridized carbons (Fsp3) is 0.300. The van der Waals surface area contributed by atoms with E-state index >= 15 is 0 Å². The summed E-state index contributed by atoms with van der Waals surface area (Å²) in [5, 5.41) is 12.0. The summed E-state index contributed by atoms with van der Waals surface area (Å²) in [6, 6.07) is 15.9. The second-order valence-corrected chi connectivity index (χ2v) is 6.30. The molecule has 1 unspecified atom stereocenters. The van der Waals surface area contributed by atoms with E-state index in [1.54, 1.807) is 12.1 Å². The third-order valence-corrected chi connectivity index (χ3v) is 4.64. The summed E-state index contributed by atoms with van der Waals surface area (Å²) in [5.74, 6) is -0.760. The monoisotopic (exact) mass is 323 g/mol. The van der Waals surface area contributed by atoms with Crippen molar-refractivity contribution in [2.45, 2.75) is 37.6 Å². The molecule has 0 heterocycles. The van der Waals surface area contributed by atoms with Gasteiger partial charge in [-0.3, -0.25) is 4.79 Å². The van der Waals surface area contributed by atoms with Crippen LogP contribution < -0.4 is 5.32 Å². The lowest BCUT2D eigenvalue weighted by Crippen LogP contribution is -2.42. The summed E-state index contributed by atoms with van der Waals surface area (Å²) >= 11 is 0. The van der Waals surface area contributed by atoms with E-state index in [4.69, 9.17) is 0 Å². The Hall–Kier alpha value is -2.62. The Labute approximate surface area is 141 Å². The SMILES string of the molecule is O=C(NC(Cc1ccccc1)C(=O)O)c1ccc(C2CCC2)cc1. The first kappa shape index (κ1) is 16.2. The van der Waals surface area contributed by atoms with E-state index < -0.39 is 12.0 Å². The van der Waals surface area contributed by atoms with Crippen molar-refractivity contribution in [2.75, 3.05) is 0 Å². The molecule has 0 bridgehead atoms. The lowest BCUT2D eigenvalue weighted by molar-refractivity contribution is -0.139. The molecule has 0 spiro atoms. The molecule has 2 N–H and O–H groups in total. The van der Waals surface area contributed by atoms with E-state index in [-0.39, 0.29) is 12.3 Å². The standard InChI is InChI=1S/C20H21NO3/c22-19(17-11-9-16(10-12-17)15-7-4-8-15)21-18(20(23)24)13-14-5-2-1-3-6-14/h1-3,5-6,9-12,15,18H,4,7-8,13H2,(H,21,22)(H,23,24). The Kier molecular flexibility index (Phi) is 4.94. The maximum absolute atomic E-state index is 12.3. The Morgan fingerprint density at radius 2 is 1.71 bits per heavy atom. The molecule has 4 nitrogen and oxygen atoms in total. The Morgan fingerprint density at radius 3 is 2.25 bits per heavy atom. The van der Waals surface area contributed by atoms with Crippen molar-refractivity contribution in [1.82, 2.24) is 5.32 Å². The number of amides is 1. The fourth-order valence-electron chi connectivity index (χ4n) is 2.94. The van der Waals surface area contributed by atoms with Gasteiger partial charge in [0.05, 0.1) is 0 Å². The van der Waals surface area contributed by atoms with Crippen LogP contribution in [0.2, 0.25) is 0 Å². The van der Waals surface area contributed by atoms with Gasteiger partial charge in [0, 0.05) is 12.0 Å². The van der Waals surface area contributed by atoms with Crippen LogP contribution >= 0.6 is 0 Å². The summed E-state index contributed by atoms with van der Waals surface area (Å²) in [6.45, 7) is 0. The number of carbonyl (C=O) groups excluding carboxylic acids is 1. The van der Waals surface area contributed by atoms with Crippen molar-refractivity contribution in [3.05, 3.63) is 71.3 Å². The third-order valence-electron chi connectivity index (χ3n) is 4.64. The van der Waals surface area contributed by atoms with Crippen LogP contribution in [-0.2, 0) is 11.2 Å². The van der Waals surface area contributed by atoms with Gasteiger partial charge in [0.2, 0.25) is 0 Å². The molecule has 0 radical (unpaired) electrons. The molecule has 1 aliphatic rings. The van der Waals surface area contributed by atoms with E-state index in [0.717, 1.165) is 5.56 Å². The number of carboxylic acid groups (broad SMARTS) is 1. The molecule has 1 amide bonds. The summed E-state index contributed by atoms with van der Waals surface area (Å²) in [6.07, 6.45) is 3.96. The number of hydrogen-bond donors (Lipinski definition) is 2. The van der Waals surface area contributed by atoms with Crippen LogP contribution in [-0.4, -0.2) is 23.0 Å². The van der Waals surface area contributed by atoms with Crippen molar-refractivity contribution < 1.29 is 14.7 Å². The van der Waals surface area contributed by atoms with Gasteiger partial charge in [-0.05, 0) is 42.0 Å². The van der Waals surface area contributed by atoms with Crippen LogP contribution in [0.5, 0.6) is 0 Å². The van der Waals surface area contributed by atoms with Gasteiger partial charge in [0.15, 0.2) is 0 Å². The highest BCUT2D eigenvalue weighted by Gasteiger charge is 2.22. The summed E-state index contributed by atoms with van der Waals surface area (Å²) in [4.78, 5) is 23.8. The average molecular weight is 323 g/mol. The molecule has 1 aliphatic carbocycles. The van der Waals surface area contributed by atoms with Crippen LogP contribution in [0.25, 0.3) is 0 Å². The number of nitrogens with one attached hydrogen (secondary N) is 1. The van der Waals surface area contributed by atoms with Gasteiger partial charge in [-0.1, -0.05) is 48.9 Å². The smallest absolute Gasteiger partial charge is 0.326 e. The highest BCUT2D eigenvalue weighted by Crippen LogP contribution is 2.36. The molecule has 2 aromatic carbocycles. The van der Waals surface area contributed by atoms with Gasteiger partial charge in [-0.2, -0.15) is 0 Å². The van der Waals surface area contributed by atoms with Gasteiger partial charge >= 0.3 is 5.97 Å². The van der Waals surface area contributed by atoms with Crippen molar-refractivity contribution in [3.8, 4) is 0 Å². The largest absolute Gasteiger partial charge is 0.480 e. The van der Waals surface area contributed by atoms with E-state index in [0.29, 0.717) is 11.5 Å². The summed E-state index contributed by atoms with van der Waals surface area (Å²) in [5.41, 5.74) is 2.64. The summed E-state index contributed by atoms with van der Waals surface area (Å²) in [7, 11) is 0. The lowest BCUT2D eigenvalue weighted by Gasteiger charge is -2.25. The van der Waals surface area contributed by atoms with E-state index in [2.05, 4.69) is 5.32 Å². The molecule has 0 aliphatic heterocycles. The van der Waals surface area contributed by atoms with Gasteiger partial charge < -0.3 is 10.4 Å². The maximum atomic E-state index is 12.3. The zero-order valence-corrected chi connectivity index (χ0v) is 13.4. The van der Waals surface area contributed by atoms with Crippen LogP contribution in [0, 0.1) is 0 Å². The Bertz CT molecular complexity index is 705. The predicted octanol–water partition coefficient (Wildman–Crippen LogP) is 3.38. The van der Waals surface area contributed by atoms with Gasteiger partial charge in [-0.25, -0.2) is 4.79 Å². The van der Waals surface area contributed by atoms with Crippen molar-refractivity contribution in [2.24, 2.45) is 0 Å². The molecule has 2 aromatic rings. The maximum Gasteiger partial charge on any atom is 0.326 e. The lowest BCUT2D eigenvalue weighted by atomic mass is 9.80. The zero-order chi connectivity index (χ0) is 16.9. The van der Waals surface area contributed by atoms with E-state index in [1.807, 2.05) is 42.5 Å². The molecule has 4 heteroatoms. The average Bonchev–Trinajstić information content (AvgIpc) is 2.54. The highest BCUT2D eigenvalue weighted by atomic mass is 16.4. The first-order chi connectivity index (χ1) is 11.6. The minimum absolute atomic E-state index is 0.266. The first-order valence-corrected chi connectivity index (χ1v) is 8.31. The van der Waals surface area contributed by atoms with Gasteiger partial charge in [-0.15, -0.1) is 0 Å². The van der Waals surface area contributed by atoms with Crippen LogP contribution in [0.15, 0.2) is 54.6 Å². The van der Waals surface area contributed by atoms with Crippen LogP contribution in [0.3, 0.4) is 0 Å². The minimum atomic E-state index is -1.03. The fourth-order valence-corrected chi connectivity index (χ4v) is 2.94. The highest BCUT2D eigenvalue weighted by molar-refractivity contribution is 5.96. The first-order valence-electron chi connectivity index (χ1n) is 8.31. The number of carboxylic acids is 1. The zero-order valence-electron chi connectivity index (χ0n) is 13.4. The van der Waals surface area contributed by atoms with Crippen LogP contribution in [0.4, 0.5) is 0 Å². The number of carbonyl (C=O) groups is 2. The molecule has 0 aromatic heterocycles. The molecule has 124 valence electrons. The van der Waals surface area contributed by atoms with E-state index in [9.17, 15) is 14.7 Å². The number of rotatable bonds is 6. The predicted molar refractivity (Wildman–Crippen MR) is 92.1 cm³/mol. The number of aliphatic carboxylic acids is 1. The quantitative estimate of drug-likeness (QED) is 0.856. The molecule has 1 atom stereocenters. The Morgan fingerprint density at radius 1 is 1.04 bits per heavy atom. The Balaban J connectivity index is 1.65.